The van der Waals surface area contributed by atoms with Crippen LogP contribution < -0.4 is 15.5 Å². The Bertz CT molecular complexity index is 827. The van der Waals surface area contributed by atoms with Gasteiger partial charge in [0.15, 0.2) is 0 Å². The normalized spacial score (nSPS) is 22.5. The summed E-state index contributed by atoms with van der Waals surface area (Å²) in [7, 11) is 3.13. The molecular formula is C21H30N6O4. The second-order valence-electron chi connectivity index (χ2n) is 7.85. The van der Waals surface area contributed by atoms with Crippen LogP contribution in [0.1, 0.15) is 48.4 Å². The lowest BCUT2D eigenvalue weighted by Gasteiger charge is -2.34. The van der Waals surface area contributed by atoms with Crippen LogP contribution in [0.15, 0.2) is 6.07 Å². The van der Waals surface area contributed by atoms with Gasteiger partial charge in [-0.25, -0.2) is 9.97 Å². The van der Waals surface area contributed by atoms with E-state index in [2.05, 4.69) is 20.6 Å². The lowest BCUT2D eigenvalue weighted by molar-refractivity contribution is -0.122. The van der Waals surface area contributed by atoms with Gasteiger partial charge in [0.25, 0.3) is 5.91 Å². The summed E-state index contributed by atoms with van der Waals surface area (Å²) in [4.78, 5) is 36.0. The zero-order chi connectivity index (χ0) is 22.2. The van der Waals surface area contributed by atoms with Gasteiger partial charge in [-0.3, -0.25) is 9.59 Å². The number of anilines is 1. The number of methoxy groups -OCH3 is 2. The third-order valence-electron chi connectivity index (χ3n) is 5.88. The number of aromatic nitrogens is 2. The summed E-state index contributed by atoms with van der Waals surface area (Å²) < 4.78 is 9.98. The number of amides is 2. The van der Waals surface area contributed by atoms with Crippen LogP contribution in [0.25, 0.3) is 0 Å². The summed E-state index contributed by atoms with van der Waals surface area (Å²) in [5.41, 5.74) is 0.0969. The molecule has 1 saturated heterocycles. The summed E-state index contributed by atoms with van der Waals surface area (Å²) >= 11 is 0. The molecule has 1 aliphatic heterocycles. The highest BCUT2D eigenvalue weighted by Crippen LogP contribution is 2.41. The van der Waals surface area contributed by atoms with E-state index in [0.717, 1.165) is 32.1 Å². The fourth-order valence-electron chi connectivity index (χ4n) is 4.49. The number of ether oxygens (including phenoxy) is 2. The monoisotopic (exact) mass is 430 g/mol. The van der Waals surface area contributed by atoms with Gasteiger partial charge in [0, 0.05) is 39.4 Å². The molecule has 3 rings (SSSR count). The summed E-state index contributed by atoms with van der Waals surface area (Å²) in [6.07, 6.45) is 4.96. The number of nitrogens with one attached hydrogen (secondary N) is 2. The molecule has 3 atom stereocenters. The van der Waals surface area contributed by atoms with Gasteiger partial charge < -0.3 is 25.0 Å². The number of nitrogens with zero attached hydrogens (tertiary/aromatic N) is 4. The van der Waals surface area contributed by atoms with Gasteiger partial charge in [0.2, 0.25) is 11.7 Å². The average Bonchev–Trinajstić information content (AvgIpc) is 3.18. The molecule has 2 amide bonds. The Morgan fingerprint density at radius 3 is 2.58 bits per heavy atom. The Morgan fingerprint density at radius 2 is 1.87 bits per heavy atom. The van der Waals surface area contributed by atoms with Crippen molar-refractivity contribution >= 4 is 17.6 Å². The van der Waals surface area contributed by atoms with Crippen molar-refractivity contribution in [3.8, 4) is 6.07 Å². The lowest BCUT2D eigenvalue weighted by atomic mass is 9.84. The first-order valence-electron chi connectivity index (χ1n) is 10.7. The minimum atomic E-state index is -0.476. The van der Waals surface area contributed by atoms with Crippen molar-refractivity contribution in [2.45, 2.75) is 44.2 Å². The molecule has 1 aromatic rings. The number of hydrogen-bond donors (Lipinski definition) is 2. The third kappa shape index (κ3) is 5.48. The highest BCUT2D eigenvalue weighted by molar-refractivity contribution is 5.91. The van der Waals surface area contributed by atoms with Crippen LogP contribution in [0.3, 0.4) is 0 Å². The van der Waals surface area contributed by atoms with Gasteiger partial charge in [0.05, 0.1) is 13.2 Å². The van der Waals surface area contributed by atoms with Crippen molar-refractivity contribution in [3.05, 3.63) is 17.6 Å². The maximum absolute atomic E-state index is 13.0. The molecule has 2 aliphatic rings. The molecule has 1 aromatic heterocycles. The van der Waals surface area contributed by atoms with Crippen LogP contribution in [0, 0.1) is 17.2 Å². The Balaban J connectivity index is 1.90. The number of nitriles is 1. The zero-order valence-electron chi connectivity index (χ0n) is 18.1. The molecule has 10 heteroatoms. The number of carbonyl (C=O) groups is 2. The van der Waals surface area contributed by atoms with Crippen molar-refractivity contribution in [3.63, 3.8) is 0 Å². The van der Waals surface area contributed by atoms with Crippen LogP contribution in [-0.4, -0.2) is 74.4 Å². The number of hydrogen-bond acceptors (Lipinski definition) is 8. The van der Waals surface area contributed by atoms with Crippen molar-refractivity contribution in [2.24, 2.45) is 5.92 Å². The summed E-state index contributed by atoms with van der Waals surface area (Å²) in [6, 6.07) is 3.32. The third-order valence-corrected chi connectivity index (χ3v) is 5.88. The molecule has 0 unspecified atom stereocenters. The largest absolute Gasteiger partial charge is 0.383 e. The van der Waals surface area contributed by atoms with E-state index in [1.807, 2.05) is 11.0 Å². The van der Waals surface area contributed by atoms with Crippen LogP contribution in [0.5, 0.6) is 0 Å². The topological polar surface area (TPSA) is 129 Å². The first-order valence-corrected chi connectivity index (χ1v) is 10.7. The zero-order valence-corrected chi connectivity index (χ0v) is 18.1. The van der Waals surface area contributed by atoms with Gasteiger partial charge in [-0.05, 0) is 25.2 Å². The van der Waals surface area contributed by atoms with Crippen LogP contribution in [0.4, 0.5) is 5.82 Å². The fraction of sp³-hybridized carbons (Fsp3) is 0.667. The molecule has 31 heavy (non-hydrogen) atoms. The molecule has 1 saturated carbocycles. The number of rotatable bonds is 9. The lowest BCUT2D eigenvalue weighted by Crippen LogP contribution is -2.48. The highest BCUT2D eigenvalue weighted by Gasteiger charge is 2.46. The molecule has 0 bridgehead atoms. The minimum Gasteiger partial charge on any atom is -0.383 e. The Morgan fingerprint density at radius 1 is 1.16 bits per heavy atom. The standard InChI is InChI=1S/C21H30N6O4/c1-30-9-7-23-20(28)17-11-14-5-3-4-6-16(14)27(17)18-12-15(13-22)25-19(26-18)21(29)24-8-10-31-2/h12,14,16-17H,3-11H2,1-2H3,(H,23,28)(H,24,29)/t14-,16-,17-/m0/s1. The predicted molar refractivity (Wildman–Crippen MR) is 112 cm³/mol. The van der Waals surface area contributed by atoms with Gasteiger partial charge in [-0.2, -0.15) is 5.26 Å². The molecule has 168 valence electrons. The maximum Gasteiger partial charge on any atom is 0.289 e. The van der Waals surface area contributed by atoms with Gasteiger partial charge in [0.1, 0.15) is 23.6 Å². The molecule has 1 aliphatic carbocycles. The molecule has 10 nitrogen and oxygen atoms in total. The first-order chi connectivity index (χ1) is 15.1. The van der Waals surface area contributed by atoms with Gasteiger partial charge in [-0.1, -0.05) is 12.8 Å². The summed E-state index contributed by atoms with van der Waals surface area (Å²) in [5.74, 6) is 0.185. The van der Waals surface area contributed by atoms with E-state index < -0.39 is 11.9 Å². The number of carbonyl (C=O) groups excluding carboxylic acids is 2. The van der Waals surface area contributed by atoms with E-state index >= 15 is 0 Å². The van der Waals surface area contributed by atoms with E-state index in [1.165, 1.54) is 0 Å². The minimum absolute atomic E-state index is 0.0806. The summed E-state index contributed by atoms with van der Waals surface area (Å²) in [6.45, 7) is 1.53. The van der Waals surface area contributed by atoms with E-state index in [1.54, 1.807) is 20.3 Å². The van der Waals surface area contributed by atoms with Crippen molar-refractivity contribution < 1.29 is 19.1 Å². The van der Waals surface area contributed by atoms with Crippen molar-refractivity contribution in [2.75, 3.05) is 45.4 Å². The van der Waals surface area contributed by atoms with Gasteiger partial charge in [-0.15, -0.1) is 0 Å². The smallest absolute Gasteiger partial charge is 0.289 e. The molecular weight excluding hydrogens is 400 g/mol. The SMILES string of the molecule is COCCNC(=O)c1nc(C#N)cc(N2[C@H](C(=O)NCCOC)C[C@@H]3CCCC[C@@H]32)n1. The van der Waals surface area contributed by atoms with Crippen molar-refractivity contribution in [1.82, 2.24) is 20.6 Å². The molecule has 2 heterocycles. The Kier molecular flexibility index (Phi) is 8.14. The van der Waals surface area contributed by atoms with Crippen LogP contribution in [-0.2, 0) is 14.3 Å². The van der Waals surface area contributed by atoms with Crippen LogP contribution >= 0.6 is 0 Å². The Hall–Kier alpha value is -2.77. The molecule has 2 fully saturated rings. The molecule has 0 radical (unpaired) electrons. The molecule has 2 N–H and O–H groups in total. The molecule has 0 aromatic carbocycles. The summed E-state index contributed by atoms with van der Waals surface area (Å²) in [5, 5.41) is 15.1. The van der Waals surface area contributed by atoms with Crippen LogP contribution in [0.2, 0.25) is 0 Å². The van der Waals surface area contributed by atoms with Gasteiger partial charge >= 0.3 is 0 Å². The predicted octanol–water partition coefficient (Wildman–Crippen LogP) is 0.625. The average molecular weight is 431 g/mol. The number of fused-ring (bicyclic) bond motifs is 1. The maximum atomic E-state index is 13.0. The first kappa shape index (κ1) is 22.9. The second kappa shape index (κ2) is 11.0. The van der Waals surface area contributed by atoms with E-state index in [9.17, 15) is 14.9 Å². The van der Waals surface area contributed by atoms with E-state index in [-0.39, 0.29) is 23.5 Å². The molecule has 0 spiro atoms. The highest BCUT2D eigenvalue weighted by atomic mass is 16.5. The Labute approximate surface area is 182 Å². The second-order valence-corrected chi connectivity index (χ2v) is 7.85. The quantitative estimate of drug-likeness (QED) is 0.546. The van der Waals surface area contributed by atoms with E-state index in [0.29, 0.717) is 38.0 Å². The fourth-order valence-corrected chi connectivity index (χ4v) is 4.49. The van der Waals surface area contributed by atoms with E-state index in [4.69, 9.17) is 9.47 Å². The van der Waals surface area contributed by atoms with Crippen molar-refractivity contribution in [1.29, 1.82) is 5.26 Å².